The van der Waals surface area contributed by atoms with Crippen LogP contribution in [0, 0.1) is 5.92 Å². The van der Waals surface area contributed by atoms with Crippen molar-refractivity contribution in [1.29, 1.82) is 0 Å². The van der Waals surface area contributed by atoms with Crippen LogP contribution in [0.3, 0.4) is 0 Å². The highest BCUT2D eigenvalue weighted by Gasteiger charge is 2.20. The number of hydrogen-bond acceptors (Lipinski definition) is 2. The summed E-state index contributed by atoms with van der Waals surface area (Å²) in [5.74, 6) is -0.876. The zero-order valence-electron chi connectivity index (χ0n) is 10.6. The molecule has 0 aliphatic carbocycles. The summed E-state index contributed by atoms with van der Waals surface area (Å²) in [7, 11) is 0. The van der Waals surface area contributed by atoms with Crippen LogP contribution < -0.4 is 11.1 Å². The van der Waals surface area contributed by atoms with Crippen LogP contribution in [0.25, 0.3) is 6.08 Å². The minimum atomic E-state index is -0.641. The number of benzene rings is 1. The van der Waals surface area contributed by atoms with Gasteiger partial charge in [-0.25, -0.2) is 0 Å². The van der Waals surface area contributed by atoms with Gasteiger partial charge >= 0.3 is 0 Å². The Morgan fingerprint density at radius 3 is 2.33 bits per heavy atom. The van der Waals surface area contributed by atoms with Crippen molar-refractivity contribution in [2.45, 2.75) is 19.9 Å². The topological polar surface area (TPSA) is 72.2 Å². The second kappa shape index (κ2) is 6.59. The van der Waals surface area contributed by atoms with Gasteiger partial charge in [-0.05, 0) is 17.6 Å². The fraction of sp³-hybridized carbons (Fsp3) is 0.286. The molecule has 0 unspecified atom stereocenters. The van der Waals surface area contributed by atoms with Crippen molar-refractivity contribution in [2.24, 2.45) is 11.7 Å². The molecule has 0 aliphatic rings. The van der Waals surface area contributed by atoms with Gasteiger partial charge in [-0.3, -0.25) is 9.59 Å². The Bertz CT molecular complexity index is 438. The smallest absolute Gasteiger partial charge is 0.244 e. The van der Waals surface area contributed by atoms with E-state index in [4.69, 9.17) is 5.73 Å². The molecule has 2 amide bonds. The minimum absolute atomic E-state index is 0.0309. The molecule has 0 heterocycles. The van der Waals surface area contributed by atoms with Crippen molar-refractivity contribution in [3.05, 3.63) is 42.0 Å². The molecule has 18 heavy (non-hydrogen) atoms. The van der Waals surface area contributed by atoms with Gasteiger partial charge in [0.2, 0.25) is 11.8 Å². The molecule has 0 aliphatic heterocycles. The summed E-state index contributed by atoms with van der Waals surface area (Å²) in [4.78, 5) is 22.8. The van der Waals surface area contributed by atoms with Crippen LogP contribution in [0.2, 0.25) is 0 Å². The molecular formula is C14H18N2O2. The number of hydrogen-bond donors (Lipinski definition) is 2. The quantitative estimate of drug-likeness (QED) is 0.769. The lowest BCUT2D eigenvalue weighted by molar-refractivity contribution is -0.126. The standard InChI is InChI=1S/C14H18N2O2/c1-10(2)13(14(15)18)16-12(17)9-8-11-6-4-3-5-7-11/h3-10,13H,1-2H3,(H2,15,18)(H,16,17)/b9-8+/t13-/m1/s1. The van der Waals surface area contributed by atoms with Gasteiger partial charge in [-0.15, -0.1) is 0 Å². The normalized spacial score (nSPS) is 12.6. The van der Waals surface area contributed by atoms with Crippen molar-refractivity contribution in [1.82, 2.24) is 5.32 Å². The van der Waals surface area contributed by atoms with Crippen LogP contribution in [0.4, 0.5) is 0 Å². The molecule has 1 aromatic rings. The monoisotopic (exact) mass is 246 g/mol. The van der Waals surface area contributed by atoms with E-state index in [1.807, 2.05) is 44.2 Å². The van der Waals surface area contributed by atoms with Gasteiger partial charge < -0.3 is 11.1 Å². The summed E-state index contributed by atoms with van der Waals surface area (Å²) >= 11 is 0. The fourth-order valence-electron chi connectivity index (χ4n) is 1.50. The predicted octanol–water partition coefficient (Wildman–Crippen LogP) is 1.33. The molecule has 1 rings (SSSR count). The van der Waals surface area contributed by atoms with E-state index in [2.05, 4.69) is 5.32 Å². The number of carbonyl (C=O) groups excluding carboxylic acids is 2. The Labute approximate surface area is 107 Å². The third-order valence-electron chi connectivity index (χ3n) is 2.50. The first-order chi connectivity index (χ1) is 8.50. The average Bonchev–Trinajstić information content (AvgIpc) is 2.34. The molecule has 0 bridgehead atoms. The van der Waals surface area contributed by atoms with Crippen LogP contribution in [0.15, 0.2) is 36.4 Å². The molecule has 1 aromatic carbocycles. The van der Waals surface area contributed by atoms with E-state index in [9.17, 15) is 9.59 Å². The number of amides is 2. The first-order valence-corrected chi connectivity index (χ1v) is 5.83. The molecule has 3 N–H and O–H groups in total. The Balaban J connectivity index is 2.61. The average molecular weight is 246 g/mol. The number of carbonyl (C=O) groups is 2. The maximum Gasteiger partial charge on any atom is 0.244 e. The first kappa shape index (κ1) is 14.0. The van der Waals surface area contributed by atoms with E-state index in [0.29, 0.717) is 0 Å². The van der Waals surface area contributed by atoms with E-state index in [-0.39, 0.29) is 11.8 Å². The zero-order valence-corrected chi connectivity index (χ0v) is 10.6. The van der Waals surface area contributed by atoms with Gasteiger partial charge in [-0.2, -0.15) is 0 Å². The molecule has 0 radical (unpaired) electrons. The van der Waals surface area contributed by atoms with Gasteiger partial charge in [0.1, 0.15) is 6.04 Å². The molecular weight excluding hydrogens is 228 g/mol. The summed E-state index contributed by atoms with van der Waals surface area (Å²) in [6.07, 6.45) is 3.08. The van der Waals surface area contributed by atoms with Gasteiger partial charge in [0, 0.05) is 6.08 Å². The molecule has 4 nitrogen and oxygen atoms in total. The molecule has 96 valence electrons. The van der Waals surface area contributed by atoms with Crippen molar-refractivity contribution in [3.63, 3.8) is 0 Å². The highest BCUT2D eigenvalue weighted by atomic mass is 16.2. The Kier molecular flexibility index (Phi) is 5.11. The molecule has 0 saturated heterocycles. The fourth-order valence-corrected chi connectivity index (χ4v) is 1.50. The maximum atomic E-state index is 11.6. The molecule has 0 fully saturated rings. The van der Waals surface area contributed by atoms with Crippen LogP contribution in [-0.2, 0) is 9.59 Å². The molecule has 0 saturated carbocycles. The third kappa shape index (κ3) is 4.41. The van der Waals surface area contributed by atoms with Crippen molar-refractivity contribution in [2.75, 3.05) is 0 Å². The van der Waals surface area contributed by atoms with Gasteiger partial charge in [0.05, 0.1) is 0 Å². The van der Waals surface area contributed by atoms with E-state index >= 15 is 0 Å². The van der Waals surface area contributed by atoms with Crippen LogP contribution in [0.5, 0.6) is 0 Å². The van der Waals surface area contributed by atoms with Crippen molar-refractivity contribution in [3.8, 4) is 0 Å². The highest BCUT2D eigenvalue weighted by Crippen LogP contribution is 2.03. The summed E-state index contributed by atoms with van der Waals surface area (Å²) in [5, 5.41) is 2.59. The van der Waals surface area contributed by atoms with E-state index in [1.165, 1.54) is 6.08 Å². The number of rotatable bonds is 5. The summed E-state index contributed by atoms with van der Waals surface area (Å²) in [6, 6.07) is 8.81. The number of primary amides is 1. The number of nitrogens with one attached hydrogen (secondary N) is 1. The molecule has 0 spiro atoms. The van der Waals surface area contributed by atoms with Crippen molar-refractivity contribution >= 4 is 17.9 Å². The summed E-state index contributed by atoms with van der Waals surface area (Å²) < 4.78 is 0. The molecule has 0 aromatic heterocycles. The zero-order chi connectivity index (χ0) is 13.5. The van der Waals surface area contributed by atoms with Gasteiger partial charge in [0.15, 0.2) is 0 Å². The maximum absolute atomic E-state index is 11.6. The SMILES string of the molecule is CC(C)[C@@H](NC(=O)/C=C/c1ccccc1)C(N)=O. The van der Waals surface area contributed by atoms with Crippen LogP contribution in [0.1, 0.15) is 19.4 Å². The lowest BCUT2D eigenvalue weighted by Crippen LogP contribution is -2.47. The lowest BCUT2D eigenvalue weighted by Gasteiger charge is -2.17. The molecule has 1 atom stereocenters. The highest BCUT2D eigenvalue weighted by molar-refractivity contribution is 5.95. The van der Waals surface area contributed by atoms with Crippen LogP contribution in [-0.4, -0.2) is 17.9 Å². The minimum Gasteiger partial charge on any atom is -0.368 e. The number of nitrogens with two attached hydrogens (primary N) is 1. The van der Waals surface area contributed by atoms with Gasteiger partial charge in [-0.1, -0.05) is 44.2 Å². The van der Waals surface area contributed by atoms with Crippen LogP contribution >= 0.6 is 0 Å². The van der Waals surface area contributed by atoms with Gasteiger partial charge in [0.25, 0.3) is 0 Å². The summed E-state index contributed by atoms with van der Waals surface area (Å²) in [6.45, 7) is 3.66. The van der Waals surface area contributed by atoms with E-state index < -0.39 is 11.9 Å². The molecule has 4 heteroatoms. The van der Waals surface area contributed by atoms with Crippen molar-refractivity contribution < 1.29 is 9.59 Å². The Morgan fingerprint density at radius 1 is 1.22 bits per heavy atom. The second-order valence-electron chi connectivity index (χ2n) is 4.38. The second-order valence-corrected chi connectivity index (χ2v) is 4.38. The first-order valence-electron chi connectivity index (χ1n) is 5.83. The van der Waals surface area contributed by atoms with E-state index in [0.717, 1.165) is 5.56 Å². The Morgan fingerprint density at radius 2 is 1.83 bits per heavy atom. The summed E-state index contributed by atoms with van der Waals surface area (Å²) in [5.41, 5.74) is 6.14. The lowest BCUT2D eigenvalue weighted by atomic mass is 10.0. The largest absolute Gasteiger partial charge is 0.368 e. The Hall–Kier alpha value is -2.10. The van der Waals surface area contributed by atoms with E-state index in [1.54, 1.807) is 6.08 Å². The third-order valence-corrected chi connectivity index (χ3v) is 2.50. The predicted molar refractivity (Wildman–Crippen MR) is 71.4 cm³/mol.